The Morgan fingerprint density at radius 1 is 1.50 bits per heavy atom. The first-order chi connectivity index (χ1) is 7.36. The summed E-state index contributed by atoms with van der Waals surface area (Å²) in [6.45, 7) is 6.01. The van der Waals surface area contributed by atoms with Gasteiger partial charge in [-0.05, 0) is 31.3 Å². The highest BCUT2D eigenvalue weighted by atomic mass is 35.5. The number of hydrogen-bond donors (Lipinski definition) is 1. The van der Waals surface area contributed by atoms with E-state index in [0.717, 1.165) is 6.54 Å². The summed E-state index contributed by atoms with van der Waals surface area (Å²) in [4.78, 5) is 6.92. The predicted molar refractivity (Wildman–Crippen MR) is 69.2 cm³/mol. The van der Waals surface area contributed by atoms with Gasteiger partial charge < -0.3 is 5.32 Å². The molecule has 0 bridgehead atoms. The number of thiazole rings is 1. The third kappa shape index (κ3) is 2.40. The zero-order valence-electron chi connectivity index (χ0n) is 9.32. The highest BCUT2D eigenvalue weighted by Gasteiger charge is 2.40. The van der Waals surface area contributed by atoms with Crippen LogP contribution in [0.5, 0.6) is 0 Å². The van der Waals surface area contributed by atoms with Gasteiger partial charge in [-0.2, -0.15) is 0 Å². The number of likely N-dealkylation sites (tertiary alicyclic amines) is 1. The van der Waals surface area contributed by atoms with Gasteiger partial charge in [0.25, 0.3) is 0 Å². The van der Waals surface area contributed by atoms with E-state index in [2.05, 4.69) is 20.6 Å². The van der Waals surface area contributed by atoms with Crippen molar-refractivity contribution in [1.29, 1.82) is 0 Å². The third-order valence-electron chi connectivity index (χ3n) is 3.69. The monoisotopic (exact) mass is 259 g/mol. The van der Waals surface area contributed by atoms with Gasteiger partial charge in [-0.3, -0.25) is 4.90 Å². The second-order valence-electron chi connectivity index (χ2n) is 4.81. The lowest BCUT2D eigenvalue weighted by Gasteiger charge is -2.22. The molecule has 1 aromatic heterocycles. The summed E-state index contributed by atoms with van der Waals surface area (Å²) in [5.41, 5.74) is 0.595. The van der Waals surface area contributed by atoms with Gasteiger partial charge in [-0.1, -0.05) is 0 Å². The number of nitrogens with zero attached hydrogens (tertiary/aromatic N) is 2. The van der Waals surface area contributed by atoms with Crippen LogP contribution in [-0.4, -0.2) is 36.1 Å². The van der Waals surface area contributed by atoms with Gasteiger partial charge in [0.1, 0.15) is 5.01 Å². The molecule has 2 aliphatic heterocycles. The summed E-state index contributed by atoms with van der Waals surface area (Å²) in [7, 11) is 0. The third-order valence-corrected chi connectivity index (χ3v) is 4.46. The largest absolute Gasteiger partial charge is 0.316 e. The van der Waals surface area contributed by atoms with Gasteiger partial charge in [0, 0.05) is 24.7 Å². The van der Waals surface area contributed by atoms with Gasteiger partial charge >= 0.3 is 0 Å². The molecule has 1 unspecified atom stereocenters. The van der Waals surface area contributed by atoms with Crippen LogP contribution in [0.15, 0.2) is 11.6 Å². The van der Waals surface area contributed by atoms with E-state index in [1.807, 2.05) is 6.20 Å². The van der Waals surface area contributed by atoms with E-state index < -0.39 is 0 Å². The highest BCUT2D eigenvalue weighted by Crippen LogP contribution is 2.36. The molecular formula is C11H18ClN3S. The maximum atomic E-state index is 4.36. The lowest BCUT2D eigenvalue weighted by molar-refractivity contribution is 0.268. The molecule has 1 N–H and O–H groups in total. The van der Waals surface area contributed by atoms with Crippen LogP contribution >= 0.6 is 23.7 Å². The van der Waals surface area contributed by atoms with Gasteiger partial charge in [-0.25, -0.2) is 4.98 Å². The first-order valence-electron chi connectivity index (χ1n) is 5.68. The van der Waals surface area contributed by atoms with Crippen molar-refractivity contribution in [1.82, 2.24) is 15.2 Å². The van der Waals surface area contributed by atoms with Crippen LogP contribution in [-0.2, 0) is 6.54 Å². The molecule has 1 spiro atoms. The Morgan fingerprint density at radius 3 is 3.12 bits per heavy atom. The van der Waals surface area contributed by atoms with E-state index in [9.17, 15) is 0 Å². The van der Waals surface area contributed by atoms with Crippen LogP contribution in [0.25, 0.3) is 0 Å². The summed E-state index contributed by atoms with van der Waals surface area (Å²) in [6, 6.07) is 0. The van der Waals surface area contributed by atoms with Crippen molar-refractivity contribution in [2.45, 2.75) is 19.4 Å². The fourth-order valence-electron chi connectivity index (χ4n) is 2.83. The maximum absolute atomic E-state index is 4.36. The topological polar surface area (TPSA) is 28.2 Å². The van der Waals surface area contributed by atoms with Gasteiger partial charge in [-0.15, -0.1) is 23.7 Å². The smallest absolute Gasteiger partial charge is 0.107 e. The van der Waals surface area contributed by atoms with Gasteiger partial charge in [0.05, 0.1) is 6.54 Å². The van der Waals surface area contributed by atoms with Crippen molar-refractivity contribution < 1.29 is 0 Å². The molecule has 3 nitrogen and oxygen atoms in total. The Labute approximate surface area is 107 Å². The molecule has 3 heterocycles. The molecule has 2 aliphatic rings. The molecule has 1 aromatic rings. The molecule has 3 rings (SSSR count). The van der Waals surface area contributed by atoms with Crippen LogP contribution in [0.2, 0.25) is 0 Å². The van der Waals surface area contributed by atoms with Crippen LogP contribution < -0.4 is 5.32 Å². The average Bonchev–Trinajstić information content (AvgIpc) is 2.92. The van der Waals surface area contributed by atoms with Crippen molar-refractivity contribution in [2.75, 3.05) is 26.2 Å². The summed E-state index contributed by atoms with van der Waals surface area (Å²) in [5.74, 6) is 0. The Kier molecular flexibility index (Phi) is 3.85. The lowest BCUT2D eigenvalue weighted by atomic mass is 9.87. The Hall–Kier alpha value is -0.160. The lowest BCUT2D eigenvalue weighted by Crippen LogP contribution is -2.28. The molecule has 2 saturated heterocycles. The van der Waals surface area contributed by atoms with Crippen LogP contribution in [0.1, 0.15) is 17.8 Å². The second kappa shape index (κ2) is 5.00. The molecule has 2 fully saturated rings. The molecule has 0 radical (unpaired) electrons. The summed E-state index contributed by atoms with van der Waals surface area (Å²) >= 11 is 1.77. The molecule has 90 valence electrons. The molecule has 0 saturated carbocycles. The van der Waals surface area contributed by atoms with Crippen molar-refractivity contribution in [3.05, 3.63) is 16.6 Å². The van der Waals surface area contributed by atoms with E-state index in [1.54, 1.807) is 11.3 Å². The summed E-state index contributed by atoms with van der Waals surface area (Å²) in [5, 5.41) is 6.82. The van der Waals surface area contributed by atoms with Gasteiger partial charge in [0.15, 0.2) is 0 Å². The van der Waals surface area contributed by atoms with Crippen molar-refractivity contribution in [2.24, 2.45) is 5.41 Å². The highest BCUT2D eigenvalue weighted by molar-refractivity contribution is 7.09. The molecule has 0 amide bonds. The van der Waals surface area contributed by atoms with Crippen LogP contribution in [0.3, 0.4) is 0 Å². The number of nitrogens with one attached hydrogen (secondary N) is 1. The number of rotatable bonds is 2. The number of hydrogen-bond acceptors (Lipinski definition) is 4. The van der Waals surface area contributed by atoms with E-state index in [4.69, 9.17) is 0 Å². The first-order valence-corrected chi connectivity index (χ1v) is 6.56. The Balaban J connectivity index is 0.000000963. The molecular weight excluding hydrogens is 242 g/mol. The normalized spacial score (nSPS) is 29.8. The Morgan fingerprint density at radius 2 is 2.44 bits per heavy atom. The zero-order valence-corrected chi connectivity index (χ0v) is 10.9. The molecule has 1 atom stereocenters. The SMILES string of the molecule is Cl.c1csc(CN2CCC3(CCNC3)C2)n1. The average molecular weight is 260 g/mol. The second-order valence-corrected chi connectivity index (χ2v) is 5.79. The quantitative estimate of drug-likeness (QED) is 0.877. The summed E-state index contributed by atoms with van der Waals surface area (Å²) < 4.78 is 0. The van der Waals surface area contributed by atoms with Crippen LogP contribution in [0.4, 0.5) is 0 Å². The standard InChI is InChI=1S/C11H17N3S.ClH/c1-3-12-8-11(1)2-5-14(9-11)7-10-13-4-6-15-10;/h4,6,12H,1-3,5,7-9H2;1H. The van der Waals surface area contributed by atoms with Crippen molar-refractivity contribution in [3.63, 3.8) is 0 Å². The number of aromatic nitrogens is 1. The van der Waals surface area contributed by atoms with E-state index in [0.29, 0.717) is 5.41 Å². The fraction of sp³-hybridized carbons (Fsp3) is 0.727. The molecule has 5 heteroatoms. The minimum absolute atomic E-state index is 0. The van der Waals surface area contributed by atoms with Crippen molar-refractivity contribution >= 4 is 23.7 Å². The van der Waals surface area contributed by atoms with Crippen LogP contribution in [0, 0.1) is 5.41 Å². The minimum atomic E-state index is 0. The van der Waals surface area contributed by atoms with Gasteiger partial charge in [0.2, 0.25) is 0 Å². The maximum Gasteiger partial charge on any atom is 0.107 e. The van der Waals surface area contributed by atoms with E-state index in [1.165, 1.54) is 44.0 Å². The van der Waals surface area contributed by atoms with Crippen molar-refractivity contribution in [3.8, 4) is 0 Å². The Bertz CT molecular complexity index is 322. The molecule has 0 aliphatic carbocycles. The minimum Gasteiger partial charge on any atom is -0.316 e. The molecule has 16 heavy (non-hydrogen) atoms. The zero-order chi connectivity index (χ0) is 10.1. The van der Waals surface area contributed by atoms with E-state index in [-0.39, 0.29) is 12.4 Å². The molecule has 0 aromatic carbocycles. The summed E-state index contributed by atoms with van der Waals surface area (Å²) in [6.07, 6.45) is 4.63. The first kappa shape index (κ1) is 12.3. The fourth-order valence-corrected chi connectivity index (χ4v) is 3.49. The predicted octanol–water partition coefficient (Wildman–Crippen LogP) is 1.75. The number of halogens is 1. The van der Waals surface area contributed by atoms with E-state index >= 15 is 0 Å².